The van der Waals surface area contributed by atoms with Crippen LogP contribution in [0.25, 0.3) is 0 Å². The van der Waals surface area contributed by atoms with Gasteiger partial charge in [-0.2, -0.15) is 0 Å². The summed E-state index contributed by atoms with van der Waals surface area (Å²) in [6.45, 7) is 5.53. The fourth-order valence-corrected chi connectivity index (χ4v) is 1.56. The smallest absolute Gasteiger partial charge is 0.303 e. The molecule has 1 aromatic carbocycles. The first-order valence-electron chi connectivity index (χ1n) is 6.02. The van der Waals surface area contributed by atoms with Crippen molar-refractivity contribution in [2.75, 3.05) is 5.32 Å². The molecule has 0 aliphatic carbocycles. The van der Waals surface area contributed by atoms with Crippen LogP contribution < -0.4 is 5.32 Å². The molecule has 0 aromatic heterocycles. The van der Waals surface area contributed by atoms with E-state index in [2.05, 4.69) is 5.32 Å². The predicted molar refractivity (Wildman–Crippen MR) is 70.6 cm³/mol. The van der Waals surface area contributed by atoms with Crippen LogP contribution in [0.5, 0.6) is 0 Å². The van der Waals surface area contributed by atoms with Gasteiger partial charge in [0.05, 0.1) is 6.42 Å². The maximum absolute atomic E-state index is 11.5. The Morgan fingerprint density at radius 3 is 2.17 bits per heavy atom. The first kappa shape index (κ1) is 14.2. The number of aliphatic carboxylic acids is 1. The Morgan fingerprint density at radius 2 is 1.72 bits per heavy atom. The number of hydrogen-bond donors (Lipinski definition) is 2. The summed E-state index contributed by atoms with van der Waals surface area (Å²) in [7, 11) is 0. The van der Waals surface area contributed by atoms with Crippen molar-refractivity contribution < 1.29 is 14.7 Å². The van der Waals surface area contributed by atoms with Crippen LogP contribution in [0.3, 0.4) is 0 Å². The molecule has 4 nitrogen and oxygen atoms in total. The number of carboxylic acid groups (broad SMARTS) is 1. The van der Waals surface area contributed by atoms with E-state index in [1.807, 2.05) is 32.9 Å². The Morgan fingerprint density at radius 1 is 1.17 bits per heavy atom. The normalized spacial score (nSPS) is 12.2. The van der Waals surface area contributed by atoms with Crippen molar-refractivity contribution in [3.8, 4) is 0 Å². The van der Waals surface area contributed by atoms with Gasteiger partial charge >= 0.3 is 5.97 Å². The van der Waals surface area contributed by atoms with Gasteiger partial charge in [0.15, 0.2) is 0 Å². The number of carbonyl (C=O) groups is 2. The van der Waals surface area contributed by atoms with E-state index in [0.29, 0.717) is 0 Å². The second-order valence-corrected chi connectivity index (χ2v) is 4.76. The number of benzene rings is 1. The fourth-order valence-electron chi connectivity index (χ4n) is 1.56. The molecule has 18 heavy (non-hydrogen) atoms. The minimum absolute atomic E-state index is 0.0265. The first-order chi connectivity index (χ1) is 8.40. The first-order valence-corrected chi connectivity index (χ1v) is 6.02. The fraction of sp³-hybridized carbons (Fsp3) is 0.429. The number of amides is 1. The van der Waals surface area contributed by atoms with Gasteiger partial charge in [0, 0.05) is 11.6 Å². The third-order valence-electron chi connectivity index (χ3n) is 2.75. The minimum Gasteiger partial charge on any atom is -0.481 e. The molecule has 98 valence electrons. The summed E-state index contributed by atoms with van der Waals surface area (Å²) in [6.07, 6.45) is 0.109. The molecule has 0 heterocycles. The summed E-state index contributed by atoms with van der Waals surface area (Å²) in [5.41, 5.74) is 1.69. The molecule has 0 saturated heterocycles. The van der Waals surface area contributed by atoms with Crippen molar-refractivity contribution in [1.29, 1.82) is 0 Å². The van der Waals surface area contributed by atoms with Crippen LogP contribution in [-0.4, -0.2) is 17.0 Å². The number of anilines is 1. The predicted octanol–water partition coefficient (Wildman–Crippen LogP) is 2.86. The second-order valence-electron chi connectivity index (χ2n) is 4.76. The Labute approximate surface area is 107 Å². The highest BCUT2D eigenvalue weighted by Gasteiger charge is 2.11. The highest BCUT2D eigenvalue weighted by Crippen LogP contribution is 2.21. The van der Waals surface area contributed by atoms with Crippen molar-refractivity contribution in [2.24, 2.45) is 5.92 Å². The Hall–Kier alpha value is -1.84. The molecule has 1 unspecified atom stereocenters. The maximum Gasteiger partial charge on any atom is 0.303 e. The van der Waals surface area contributed by atoms with Crippen LogP contribution in [0.2, 0.25) is 0 Å². The number of hydrogen-bond acceptors (Lipinski definition) is 2. The van der Waals surface area contributed by atoms with Crippen molar-refractivity contribution >= 4 is 17.6 Å². The molecule has 0 aliphatic rings. The molecule has 1 amide bonds. The molecule has 4 heteroatoms. The van der Waals surface area contributed by atoms with Gasteiger partial charge in [-0.05, 0) is 23.6 Å². The van der Waals surface area contributed by atoms with Gasteiger partial charge in [-0.15, -0.1) is 0 Å². The molecule has 1 atom stereocenters. The number of carbonyl (C=O) groups excluding carboxylic acids is 1. The van der Waals surface area contributed by atoms with E-state index < -0.39 is 5.97 Å². The Balaban J connectivity index is 2.68. The molecule has 0 spiro atoms. The third-order valence-corrected chi connectivity index (χ3v) is 2.75. The monoisotopic (exact) mass is 249 g/mol. The molecule has 0 fully saturated rings. The van der Waals surface area contributed by atoms with E-state index in [-0.39, 0.29) is 24.2 Å². The zero-order valence-electron chi connectivity index (χ0n) is 10.9. The summed E-state index contributed by atoms with van der Waals surface area (Å²) in [5.74, 6) is -0.922. The highest BCUT2D eigenvalue weighted by molar-refractivity contribution is 5.92. The number of carboxylic acids is 1. The van der Waals surface area contributed by atoms with Gasteiger partial charge in [-0.1, -0.05) is 32.9 Å². The van der Waals surface area contributed by atoms with Crippen LogP contribution in [0.1, 0.15) is 38.7 Å². The Kier molecular flexibility index (Phi) is 4.89. The third kappa shape index (κ3) is 4.20. The molecular formula is C14H19NO3. The van der Waals surface area contributed by atoms with Crippen molar-refractivity contribution in [1.82, 2.24) is 0 Å². The van der Waals surface area contributed by atoms with E-state index in [4.69, 9.17) is 5.11 Å². The maximum atomic E-state index is 11.5. The van der Waals surface area contributed by atoms with Crippen molar-refractivity contribution in [2.45, 2.75) is 33.1 Å². The van der Waals surface area contributed by atoms with E-state index in [1.54, 1.807) is 12.1 Å². The lowest BCUT2D eigenvalue weighted by molar-refractivity contribution is -0.137. The summed E-state index contributed by atoms with van der Waals surface area (Å²) >= 11 is 0. The van der Waals surface area contributed by atoms with Gasteiger partial charge in [-0.3, -0.25) is 9.59 Å². The van der Waals surface area contributed by atoms with Crippen LogP contribution in [0.15, 0.2) is 24.3 Å². The molecule has 2 N–H and O–H groups in total. The minimum atomic E-state index is -0.806. The number of nitrogens with one attached hydrogen (secondary N) is 1. The molecular weight excluding hydrogens is 230 g/mol. The van der Waals surface area contributed by atoms with Gasteiger partial charge in [0.2, 0.25) is 5.91 Å². The SMILES string of the molecule is CC(C)C(=O)Nc1ccc(C(C)CC(=O)O)cc1. The summed E-state index contributed by atoms with van der Waals surface area (Å²) in [4.78, 5) is 22.1. The quantitative estimate of drug-likeness (QED) is 0.843. The van der Waals surface area contributed by atoms with Crippen molar-refractivity contribution in [3.05, 3.63) is 29.8 Å². The standard InChI is InChI=1S/C14H19NO3/c1-9(2)14(18)15-12-6-4-11(5-7-12)10(3)8-13(16)17/h4-7,9-10H,8H2,1-3H3,(H,15,18)(H,16,17). The van der Waals surface area contributed by atoms with Crippen LogP contribution in [0.4, 0.5) is 5.69 Å². The van der Waals surface area contributed by atoms with E-state index in [1.165, 1.54) is 0 Å². The Bertz CT molecular complexity index is 423. The lowest BCUT2D eigenvalue weighted by Gasteiger charge is -2.11. The van der Waals surface area contributed by atoms with Gasteiger partial charge < -0.3 is 10.4 Å². The molecule has 0 radical (unpaired) electrons. The summed E-state index contributed by atoms with van der Waals surface area (Å²) < 4.78 is 0. The zero-order chi connectivity index (χ0) is 13.7. The van der Waals surface area contributed by atoms with Crippen LogP contribution in [-0.2, 0) is 9.59 Å². The second kappa shape index (κ2) is 6.19. The zero-order valence-corrected chi connectivity index (χ0v) is 10.9. The lowest BCUT2D eigenvalue weighted by atomic mass is 9.98. The number of rotatable bonds is 5. The molecule has 0 bridgehead atoms. The van der Waals surface area contributed by atoms with Gasteiger partial charge in [0.1, 0.15) is 0 Å². The lowest BCUT2D eigenvalue weighted by Crippen LogP contribution is -2.17. The van der Waals surface area contributed by atoms with Gasteiger partial charge in [-0.25, -0.2) is 0 Å². The van der Waals surface area contributed by atoms with E-state index in [0.717, 1.165) is 11.3 Å². The topological polar surface area (TPSA) is 66.4 Å². The van der Waals surface area contributed by atoms with E-state index in [9.17, 15) is 9.59 Å². The molecule has 1 rings (SSSR count). The summed E-state index contributed by atoms with van der Waals surface area (Å²) in [5, 5.41) is 11.5. The summed E-state index contributed by atoms with van der Waals surface area (Å²) in [6, 6.07) is 7.30. The van der Waals surface area contributed by atoms with Crippen LogP contribution >= 0.6 is 0 Å². The van der Waals surface area contributed by atoms with Gasteiger partial charge in [0.25, 0.3) is 0 Å². The van der Waals surface area contributed by atoms with E-state index >= 15 is 0 Å². The molecule has 0 aliphatic heterocycles. The van der Waals surface area contributed by atoms with Crippen LogP contribution in [0, 0.1) is 5.92 Å². The average molecular weight is 249 g/mol. The molecule has 1 aromatic rings. The highest BCUT2D eigenvalue weighted by atomic mass is 16.4. The average Bonchev–Trinajstić information content (AvgIpc) is 2.28. The largest absolute Gasteiger partial charge is 0.481 e. The van der Waals surface area contributed by atoms with Crippen molar-refractivity contribution in [3.63, 3.8) is 0 Å². The molecule has 0 saturated carbocycles.